The Bertz CT molecular complexity index is 11.6. The SMILES string of the molecule is [B]P[B-]O.[V]. The van der Waals surface area contributed by atoms with Gasteiger partial charge in [-0.25, -0.2) is 0 Å². The summed E-state index contributed by atoms with van der Waals surface area (Å²) in [5, 5.41) is 7.64. The smallest absolute Gasteiger partial charge is 0.0532 e. The van der Waals surface area contributed by atoms with Crippen LogP contribution in [0.15, 0.2) is 0 Å². The second-order valence-corrected chi connectivity index (χ2v) is 0.887. The van der Waals surface area contributed by atoms with E-state index in [2.05, 4.69) is 0 Å². The first-order valence-electron chi connectivity index (χ1n) is 0.836. The molecule has 0 saturated carbocycles. The minimum absolute atomic E-state index is 0. The normalized spacial score (nSPS) is 8.20. The molecule has 1 N–H and O–H groups in total. The first kappa shape index (κ1) is 9.44. The van der Waals surface area contributed by atoms with Crippen molar-refractivity contribution >= 4 is 23.1 Å². The zero-order chi connectivity index (χ0) is 3.41. The molecule has 1 unspecified atom stereocenters. The van der Waals surface area contributed by atoms with Crippen molar-refractivity contribution < 1.29 is 23.6 Å². The van der Waals surface area contributed by atoms with Gasteiger partial charge in [0, 0.05) is 18.6 Å². The Hall–Kier alpha value is 1.10. The average Bonchev–Trinajstić information content (AvgIpc) is 1.37. The van der Waals surface area contributed by atoms with Crippen LogP contribution >= 0.6 is 8.34 Å². The van der Waals surface area contributed by atoms with Gasteiger partial charge in [0.15, 0.2) is 0 Å². The van der Waals surface area contributed by atoms with Crippen molar-refractivity contribution in [3.05, 3.63) is 0 Å². The van der Waals surface area contributed by atoms with Crippen LogP contribution in [0, 0.1) is 0 Å². The van der Waals surface area contributed by atoms with Crippen molar-refractivity contribution in [3.8, 4) is 0 Å². The molecule has 0 aromatic carbocycles. The van der Waals surface area contributed by atoms with Crippen LogP contribution < -0.4 is 0 Å². The minimum atomic E-state index is 0. The van der Waals surface area contributed by atoms with Gasteiger partial charge in [0.1, 0.15) is 0 Å². The van der Waals surface area contributed by atoms with Crippen LogP contribution in [0.5, 0.6) is 0 Å². The zero-order valence-electron chi connectivity index (χ0n) is 2.55. The molecule has 0 aliphatic heterocycles. The maximum atomic E-state index is 7.64. The maximum absolute atomic E-state index is 7.64. The molecule has 0 spiro atoms. The summed E-state index contributed by atoms with van der Waals surface area (Å²) in [4.78, 5) is 0. The van der Waals surface area contributed by atoms with Gasteiger partial charge >= 0.3 is 0 Å². The predicted octanol–water partition coefficient (Wildman–Crippen LogP) is -0.728. The summed E-state index contributed by atoms with van der Waals surface area (Å²) in [6.07, 6.45) is 0. The molecular formula is H2B2OPV-. The number of rotatable bonds is 1. The first-order chi connectivity index (χ1) is 1.91. The predicted molar refractivity (Wildman–Crippen MR) is 22.0 cm³/mol. The van der Waals surface area contributed by atoms with E-state index in [1.165, 1.54) is 0 Å². The summed E-state index contributed by atoms with van der Waals surface area (Å²) in [7, 11) is 5.75. The molecule has 25 valence electrons. The quantitative estimate of drug-likeness (QED) is 0.358. The fourth-order valence-corrected chi connectivity index (χ4v) is 0. The second-order valence-electron chi connectivity index (χ2n) is 0.296. The molecule has 0 heterocycles. The van der Waals surface area contributed by atoms with Gasteiger partial charge in [-0.15, -0.1) is 0 Å². The monoisotopic (exact) mass is 122 g/mol. The molecule has 1 nitrogen and oxygen atoms in total. The maximum Gasteiger partial charge on any atom is 0.0532 e. The van der Waals surface area contributed by atoms with Gasteiger partial charge in [-0.3, -0.25) is 0 Å². The fourth-order valence-electron chi connectivity index (χ4n) is 0. The van der Waals surface area contributed by atoms with Crippen LogP contribution in [0.1, 0.15) is 0 Å². The molecule has 0 bridgehead atoms. The van der Waals surface area contributed by atoms with Gasteiger partial charge in [0.2, 0.25) is 0 Å². The molecular weight excluding hydrogens is 120 g/mol. The van der Waals surface area contributed by atoms with Gasteiger partial charge in [0.05, 0.1) is 7.57 Å². The van der Waals surface area contributed by atoms with E-state index in [4.69, 9.17) is 12.6 Å². The Morgan fingerprint density at radius 3 is 2.00 bits per heavy atom. The van der Waals surface area contributed by atoms with E-state index in [0.29, 0.717) is 0 Å². The van der Waals surface area contributed by atoms with Crippen molar-refractivity contribution in [2.75, 3.05) is 0 Å². The van der Waals surface area contributed by atoms with Crippen LogP contribution in [0.4, 0.5) is 0 Å². The molecule has 0 aliphatic carbocycles. The largest absolute Gasteiger partial charge is 0.669 e. The summed E-state index contributed by atoms with van der Waals surface area (Å²) >= 11 is 0. The average molecular weight is 122 g/mol. The third-order valence-corrected chi connectivity index (χ3v) is 0.224. The Morgan fingerprint density at radius 1 is 1.80 bits per heavy atom. The summed E-state index contributed by atoms with van der Waals surface area (Å²) in [6.45, 7) is 0. The molecule has 5 heavy (non-hydrogen) atoms. The zero-order valence-corrected chi connectivity index (χ0v) is 4.95. The summed E-state index contributed by atoms with van der Waals surface area (Å²) in [6, 6.07) is 0. The number of hydrogen-bond donors (Lipinski definition) is 1. The van der Waals surface area contributed by atoms with Gasteiger partial charge in [-0.2, -0.15) is 7.20 Å². The summed E-state index contributed by atoms with van der Waals surface area (Å²) < 4.78 is 0. The van der Waals surface area contributed by atoms with Crippen LogP contribution in [-0.4, -0.2) is 19.8 Å². The van der Waals surface area contributed by atoms with E-state index in [1.54, 1.807) is 0 Å². The van der Waals surface area contributed by atoms with E-state index in [9.17, 15) is 0 Å². The van der Waals surface area contributed by atoms with Crippen molar-refractivity contribution in [1.29, 1.82) is 0 Å². The Labute approximate surface area is 47.2 Å². The minimum Gasteiger partial charge on any atom is -0.669 e. The van der Waals surface area contributed by atoms with Crippen LogP contribution in [-0.2, 0) is 18.6 Å². The third kappa shape index (κ3) is 11.1. The standard InChI is InChI=1S/B2H2OP.V/c1-4-2-3;/h3-4H;/q-1;. The molecule has 5 radical (unpaired) electrons. The van der Waals surface area contributed by atoms with Crippen molar-refractivity contribution in [1.82, 2.24) is 0 Å². The topological polar surface area (TPSA) is 20.2 Å². The van der Waals surface area contributed by atoms with Crippen LogP contribution in [0.3, 0.4) is 0 Å². The van der Waals surface area contributed by atoms with Crippen molar-refractivity contribution in [3.63, 3.8) is 0 Å². The molecule has 5 heteroatoms. The Morgan fingerprint density at radius 2 is 2.00 bits per heavy atom. The molecule has 0 saturated heterocycles. The number of hydrogen-bond acceptors (Lipinski definition) is 1. The van der Waals surface area contributed by atoms with Gasteiger partial charge in [-0.05, 0) is 0 Å². The van der Waals surface area contributed by atoms with E-state index in [1.807, 2.05) is 0 Å². The van der Waals surface area contributed by atoms with Gasteiger partial charge < -0.3 is 13.4 Å². The van der Waals surface area contributed by atoms with Gasteiger partial charge in [0.25, 0.3) is 0 Å². The Balaban J connectivity index is 0. The van der Waals surface area contributed by atoms with E-state index < -0.39 is 0 Å². The van der Waals surface area contributed by atoms with Crippen molar-refractivity contribution in [2.24, 2.45) is 0 Å². The molecule has 0 aromatic heterocycles. The Kier molecular flexibility index (Phi) is 16.8. The first-order valence-corrected chi connectivity index (χ1v) is 1.99. The summed E-state index contributed by atoms with van der Waals surface area (Å²) in [5.74, 6) is 0. The second kappa shape index (κ2) is 8.92. The van der Waals surface area contributed by atoms with Crippen LogP contribution in [0.25, 0.3) is 0 Å². The molecule has 0 rings (SSSR count). The van der Waals surface area contributed by atoms with Crippen molar-refractivity contribution in [2.45, 2.75) is 0 Å². The van der Waals surface area contributed by atoms with Crippen LogP contribution in [0.2, 0.25) is 0 Å². The molecule has 0 aliphatic rings. The van der Waals surface area contributed by atoms with E-state index in [0.717, 1.165) is 7.20 Å². The molecule has 0 aromatic rings. The van der Waals surface area contributed by atoms with Gasteiger partial charge in [-0.1, -0.05) is 0 Å². The van der Waals surface area contributed by atoms with E-state index >= 15 is 0 Å². The third-order valence-electron chi connectivity index (χ3n) is 0.0745. The molecule has 0 amide bonds. The molecule has 1 atom stereocenters. The molecule has 0 fully saturated rings. The fraction of sp³-hybridized carbons (Fsp3) is 0. The summed E-state index contributed by atoms with van der Waals surface area (Å²) in [5.41, 5.74) is 0. The van der Waals surface area contributed by atoms with E-state index in [-0.39, 0.29) is 26.9 Å².